The van der Waals surface area contributed by atoms with Gasteiger partial charge in [-0.3, -0.25) is 23.7 Å². The van der Waals surface area contributed by atoms with Crippen LogP contribution < -0.4 is 26.5 Å². The van der Waals surface area contributed by atoms with Crippen LogP contribution in [0.3, 0.4) is 0 Å². The molecular weight excluding hydrogens is 674 g/mol. The predicted octanol–water partition coefficient (Wildman–Crippen LogP) is 6.21. The average Bonchev–Trinajstić information content (AvgIpc) is 3.24. The Labute approximate surface area is 292 Å². The van der Waals surface area contributed by atoms with Crippen LogP contribution in [0.15, 0.2) is 34.1 Å². The standard InChI is InChI=1S/C35H39Cl2FN6O5/c1-7-19-15-40-16-20(8-2)27(19)44-29-22(13-18(3)43(32(29)45)30-25(38)23(36)14-24(37)26(30)39)28-31(33(44)46)48-12-9-21-17-41(10-11-42(21)28)34(47)49-35(4,5)6/h13-16,21H,7-12,17,39H2,1-6H3/t21-/m0/s1. The molecule has 2 aliphatic rings. The van der Waals surface area contributed by atoms with Gasteiger partial charge in [0.2, 0.25) is 5.75 Å². The number of aryl methyl sites for hydroxylation is 3. The zero-order valence-electron chi connectivity index (χ0n) is 28.3. The second-order valence-corrected chi connectivity index (χ2v) is 14.2. The normalized spacial score (nSPS) is 16.2. The summed E-state index contributed by atoms with van der Waals surface area (Å²) in [6.45, 7) is 12.2. The number of hydrogen-bond acceptors (Lipinski definition) is 8. The molecule has 49 heavy (non-hydrogen) atoms. The summed E-state index contributed by atoms with van der Waals surface area (Å²) in [5.74, 6) is -0.833. The molecule has 4 aromatic rings. The molecule has 260 valence electrons. The number of ether oxygens (including phenoxy) is 2. The predicted molar refractivity (Wildman–Crippen MR) is 190 cm³/mol. The minimum absolute atomic E-state index is 0.00123. The Balaban J connectivity index is 1.70. The Morgan fingerprint density at radius 3 is 2.33 bits per heavy atom. The Bertz CT molecular complexity index is 2080. The summed E-state index contributed by atoms with van der Waals surface area (Å²) in [6, 6.07) is 2.66. The molecule has 2 N–H and O–H groups in total. The number of nitrogen functional groups attached to an aromatic ring is 1. The van der Waals surface area contributed by atoms with Crippen molar-refractivity contribution in [3.8, 4) is 17.1 Å². The van der Waals surface area contributed by atoms with Crippen molar-refractivity contribution in [1.29, 1.82) is 0 Å². The molecule has 0 saturated carbocycles. The van der Waals surface area contributed by atoms with Crippen LogP contribution in [0, 0.1) is 12.7 Å². The third kappa shape index (κ3) is 5.88. The zero-order chi connectivity index (χ0) is 35.5. The minimum atomic E-state index is -0.925. The van der Waals surface area contributed by atoms with Gasteiger partial charge in [0.15, 0.2) is 5.82 Å². The van der Waals surface area contributed by atoms with Gasteiger partial charge in [0, 0.05) is 49.5 Å². The van der Waals surface area contributed by atoms with Crippen molar-refractivity contribution in [2.45, 2.75) is 72.4 Å². The third-order valence-electron chi connectivity index (χ3n) is 9.04. The first-order chi connectivity index (χ1) is 23.2. The lowest BCUT2D eigenvalue weighted by molar-refractivity contribution is 0.0211. The molecule has 6 rings (SSSR count). The molecule has 1 amide bonds. The van der Waals surface area contributed by atoms with Crippen LogP contribution in [0.1, 0.15) is 57.9 Å². The van der Waals surface area contributed by atoms with Crippen LogP contribution in [-0.2, 0) is 17.6 Å². The third-order valence-corrected chi connectivity index (χ3v) is 9.63. The fourth-order valence-electron chi connectivity index (χ4n) is 6.80. The van der Waals surface area contributed by atoms with E-state index >= 15 is 4.39 Å². The number of carbonyl (C=O) groups is 1. The SMILES string of the molecule is CCc1cncc(CC)c1-n1c(=O)c2c(c3cc(C)n(-c4c(N)c(Cl)cc(Cl)c4F)c(=O)c31)N1CCN(C(=O)OC(C)(C)C)C[C@@H]1CCO2. The number of aromatic nitrogens is 3. The zero-order valence-corrected chi connectivity index (χ0v) is 29.8. The summed E-state index contributed by atoms with van der Waals surface area (Å²) in [5.41, 5.74) is 6.66. The largest absolute Gasteiger partial charge is 0.486 e. The lowest BCUT2D eigenvalue weighted by Gasteiger charge is -2.42. The molecule has 1 saturated heterocycles. The second kappa shape index (κ2) is 12.9. The van der Waals surface area contributed by atoms with Crippen LogP contribution >= 0.6 is 23.2 Å². The van der Waals surface area contributed by atoms with E-state index < -0.39 is 28.6 Å². The van der Waals surface area contributed by atoms with Crippen LogP contribution in [0.2, 0.25) is 10.0 Å². The molecule has 1 atom stereocenters. The number of nitrogens with zero attached hydrogens (tertiary/aromatic N) is 5. The summed E-state index contributed by atoms with van der Waals surface area (Å²) in [5, 5.41) is 0.0931. The van der Waals surface area contributed by atoms with E-state index in [4.69, 9.17) is 38.4 Å². The number of amides is 1. The van der Waals surface area contributed by atoms with Gasteiger partial charge in [-0.25, -0.2) is 9.18 Å². The monoisotopic (exact) mass is 712 g/mol. The molecule has 0 spiro atoms. The molecule has 0 unspecified atom stereocenters. The van der Waals surface area contributed by atoms with Crippen molar-refractivity contribution >= 4 is 51.6 Å². The topological polar surface area (TPSA) is 125 Å². The molecule has 5 heterocycles. The number of nitrogens with two attached hydrogens (primary N) is 1. The van der Waals surface area contributed by atoms with Crippen molar-refractivity contribution in [2.24, 2.45) is 0 Å². The molecule has 2 aliphatic heterocycles. The smallest absolute Gasteiger partial charge is 0.410 e. The number of hydrogen-bond donors (Lipinski definition) is 1. The summed E-state index contributed by atoms with van der Waals surface area (Å²) < 4.78 is 30.2. The quantitative estimate of drug-likeness (QED) is 0.196. The van der Waals surface area contributed by atoms with Crippen LogP contribution in [0.25, 0.3) is 22.3 Å². The van der Waals surface area contributed by atoms with Gasteiger partial charge in [0.25, 0.3) is 11.1 Å². The Kier molecular flexibility index (Phi) is 9.08. The summed E-state index contributed by atoms with van der Waals surface area (Å²) in [7, 11) is 0. The van der Waals surface area contributed by atoms with Gasteiger partial charge in [-0.2, -0.15) is 0 Å². The van der Waals surface area contributed by atoms with E-state index in [9.17, 15) is 14.4 Å². The molecule has 11 nitrogen and oxygen atoms in total. The van der Waals surface area contributed by atoms with Crippen LogP contribution in [0.5, 0.6) is 5.75 Å². The Hall–Kier alpha value is -4.29. The highest BCUT2D eigenvalue weighted by Crippen LogP contribution is 2.41. The molecule has 1 fully saturated rings. The van der Waals surface area contributed by atoms with E-state index in [2.05, 4.69) is 4.98 Å². The van der Waals surface area contributed by atoms with Gasteiger partial charge in [0.05, 0.1) is 39.8 Å². The minimum Gasteiger partial charge on any atom is -0.486 e. The number of fused-ring (bicyclic) bond motifs is 5. The van der Waals surface area contributed by atoms with Crippen molar-refractivity contribution in [2.75, 3.05) is 36.9 Å². The number of piperazine rings is 1. The lowest BCUT2D eigenvalue weighted by atomic mass is 10.0. The summed E-state index contributed by atoms with van der Waals surface area (Å²) in [6.07, 6.45) is 4.46. The number of anilines is 2. The van der Waals surface area contributed by atoms with Crippen LogP contribution in [-0.4, -0.2) is 63.0 Å². The van der Waals surface area contributed by atoms with Gasteiger partial charge in [-0.1, -0.05) is 37.0 Å². The number of carbonyl (C=O) groups excluding carboxylic acids is 1. The van der Waals surface area contributed by atoms with Crippen molar-refractivity contribution in [3.05, 3.63) is 77.9 Å². The van der Waals surface area contributed by atoms with Gasteiger partial charge in [-0.05, 0) is 63.8 Å². The molecule has 0 aliphatic carbocycles. The maximum Gasteiger partial charge on any atom is 0.410 e. The molecule has 0 bridgehead atoms. The van der Waals surface area contributed by atoms with E-state index in [1.54, 1.807) is 30.3 Å². The summed E-state index contributed by atoms with van der Waals surface area (Å²) in [4.78, 5) is 51.0. The maximum atomic E-state index is 15.8. The number of halogens is 3. The van der Waals surface area contributed by atoms with Gasteiger partial charge in [-0.15, -0.1) is 0 Å². The van der Waals surface area contributed by atoms with E-state index in [1.165, 1.54) is 10.6 Å². The van der Waals surface area contributed by atoms with Gasteiger partial charge >= 0.3 is 6.09 Å². The maximum absolute atomic E-state index is 15.8. The number of rotatable bonds is 4. The highest BCUT2D eigenvalue weighted by Gasteiger charge is 2.38. The number of benzene rings is 1. The van der Waals surface area contributed by atoms with E-state index in [-0.39, 0.29) is 45.3 Å². The fourth-order valence-corrected chi connectivity index (χ4v) is 7.26. The number of pyridine rings is 3. The summed E-state index contributed by atoms with van der Waals surface area (Å²) >= 11 is 12.5. The molecule has 1 aromatic carbocycles. The van der Waals surface area contributed by atoms with E-state index in [0.29, 0.717) is 61.4 Å². The Morgan fingerprint density at radius 1 is 1.02 bits per heavy atom. The van der Waals surface area contributed by atoms with Crippen molar-refractivity contribution in [1.82, 2.24) is 19.0 Å². The van der Waals surface area contributed by atoms with Crippen molar-refractivity contribution < 1.29 is 18.7 Å². The average molecular weight is 714 g/mol. The molecular formula is C35H39Cl2FN6O5. The molecule has 3 aromatic heterocycles. The van der Waals surface area contributed by atoms with Gasteiger partial charge in [0.1, 0.15) is 16.8 Å². The lowest BCUT2D eigenvalue weighted by Crippen LogP contribution is -2.55. The second-order valence-electron chi connectivity index (χ2n) is 13.3. The van der Waals surface area contributed by atoms with Crippen LogP contribution in [0.4, 0.5) is 20.6 Å². The Morgan fingerprint density at radius 2 is 1.69 bits per heavy atom. The first kappa shape index (κ1) is 34.6. The van der Waals surface area contributed by atoms with Crippen molar-refractivity contribution in [3.63, 3.8) is 0 Å². The molecule has 0 radical (unpaired) electrons. The van der Waals surface area contributed by atoms with Gasteiger partial charge < -0.3 is 25.0 Å². The molecule has 14 heteroatoms. The fraction of sp³-hybridized carbons (Fsp3) is 0.429. The van der Waals surface area contributed by atoms with E-state index in [1.807, 2.05) is 39.5 Å². The highest BCUT2D eigenvalue weighted by molar-refractivity contribution is 6.37. The first-order valence-corrected chi connectivity index (χ1v) is 17.1. The van der Waals surface area contributed by atoms with E-state index in [0.717, 1.165) is 15.7 Å². The first-order valence-electron chi connectivity index (χ1n) is 16.3. The highest BCUT2D eigenvalue weighted by atomic mass is 35.5.